The van der Waals surface area contributed by atoms with Gasteiger partial charge in [-0.1, -0.05) is 13.8 Å². The van der Waals surface area contributed by atoms with Gasteiger partial charge in [0, 0.05) is 13.6 Å². The molecule has 7 heteroatoms. The third-order valence-corrected chi connectivity index (χ3v) is 3.58. The lowest BCUT2D eigenvalue weighted by molar-refractivity contribution is -0.121. The van der Waals surface area contributed by atoms with Crippen molar-refractivity contribution in [2.45, 2.75) is 45.5 Å². The molecule has 0 saturated carbocycles. The Labute approximate surface area is 129 Å². The van der Waals surface area contributed by atoms with E-state index in [0.29, 0.717) is 12.4 Å². The number of aryl methyl sites for hydroxylation is 2. The number of fused-ring (bicyclic) bond motifs is 1. The zero-order valence-corrected chi connectivity index (χ0v) is 13.7. The Balaban J connectivity index is 2.46. The van der Waals surface area contributed by atoms with Gasteiger partial charge in [0.05, 0.1) is 11.1 Å². The molecule has 0 aliphatic carbocycles. The summed E-state index contributed by atoms with van der Waals surface area (Å²) in [4.78, 5) is 16.6. The van der Waals surface area contributed by atoms with E-state index in [1.807, 2.05) is 32.4 Å². The van der Waals surface area contributed by atoms with Crippen LogP contribution in [0.15, 0.2) is 0 Å². The molecule has 0 spiro atoms. The Morgan fingerprint density at radius 3 is 2.71 bits per heavy atom. The second-order valence-electron chi connectivity index (χ2n) is 5.12. The molecule has 1 N–H and O–H groups in total. The monoisotopic (exact) mass is 311 g/mol. The van der Waals surface area contributed by atoms with Gasteiger partial charge in [0.25, 0.3) is 0 Å². The Kier molecular flexibility index (Phi) is 4.88. The lowest BCUT2D eigenvalue weighted by atomic mass is 10.3. The van der Waals surface area contributed by atoms with E-state index in [4.69, 9.17) is 11.6 Å². The van der Waals surface area contributed by atoms with Crippen LogP contribution in [-0.4, -0.2) is 31.8 Å². The molecule has 1 unspecified atom stereocenters. The maximum absolute atomic E-state index is 12.0. The number of halogens is 1. The van der Waals surface area contributed by atoms with Crippen LogP contribution in [0.25, 0.3) is 11.2 Å². The third kappa shape index (κ3) is 3.05. The summed E-state index contributed by atoms with van der Waals surface area (Å²) in [5, 5.41) is 7.08. The van der Waals surface area contributed by atoms with Gasteiger partial charge in [0.2, 0.25) is 5.91 Å². The summed E-state index contributed by atoms with van der Waals surface area (Å²) in [5.41, 5.74) is 2.62. The Morgan fingerprint density at radius 2 is 2.14 bits per heavy atom. The summed E-state index contributed by atoms with van der Waals surface area (Å²) in [7, 11) is 1.87. The van der Waals surface area contributed by atoms with Crippen molar-refractivity contribution in [3.05, 3.63) is 11.5 Å². The fraction of sp³-hybridized carbons (Fsp3) is 0.643. The number of carbonyl (C=O) groups is 1. The Bertz CT molecular complexity index is 643. The summed E-state index contributed by atoms with van der Waals surface area (Å²) >= 11 is 6.23. The number of aromatic nitrogens is 4. The van der Waals surface area contributed by atoms with Crippen molar-refractivity contribution in [1.82, 2.24) is 24.6 Å². The van der Waals surface area contributed by atoms with Crippen LogP contribution < -0.4 is 5.32 Å². The first-order chi connectivity index (χ1) is 9.99. The molecule has 0 aliphatic rings. The SMILES string of the molecule is CCCNC(=O)Cn1c(C(C)Cl)nc2c(CC)nn(C)c21. The molecule has 0 aromatic carbocycles. The van der Waals surface area contributed by atoms with E-state index in [9.17, 15) is 4.79 Å². The number of nitrogens with zero attached hydrogens (tertiary/aromatic N) is 4. The van der Waals surface area contributed by atoms with Gasteiger partial charge in [0.1, 0.15) is 17.9 Å². The van der Waals surface area contributed by atoms with Crippen LogP contribution in [-0.2, 0) is 24.8 Å². The lowest BCUT2D eigenvalue weighted by Crippen LogP contribution is -2.29. The van der Waals surface area contributed by atoms with Crippen LogP contribution in [0, 0.1) is 0 Å². The largest absolute Gasteiger partial charge is 0.355 e. The second-order valence-corrected chi connectivity index (χ2v) is 5.77. The van der Waals surface area contributed by atoms with Gasteiger partial charge in [-0.2, -0.15) is 5.10 Å². The first-order valence-corrected chi connectivity index (χ1v) is 7.75. The summed E-state index contributed by atoms with van der Waals surface area (Å²) in [6.07, 6.45) is 1.71. The molecule has 0 fully saturated rings. The molecular formula is C14H22ClN5O. The van der Waals surface area contributed by atoms with E-state index >= 15 is 0 Å². The second kappa shape index (κ2) is 6.47. The maximum Gasteiger partial charge on any atom is 0.240 e. The number of hydrogen-bond acceptors (Lipinski definition) is 3. The van der Waals surface area contributed by atoms with Crippen molar-refractivity contribution in [3.8, 4) is 0 Å². The van der Waals surface area contributed by atoms with Crippen molar-refractivity contribution in [1.29, 1.82) is 0 Å². The van der Waals surface area contributed by atoms with Gasteiger partial charge in [-0.05, 0) is 19.8 Å². The fourth-order valence-corrected chi connectivity index (χ4v) is 2.59. The third-order valence-electron chi connectivity index (χ3n) is 3.39. The summed E-state index contributed by atoms with van der Waals surface area (Å²) in [6.45, 7) is 6.82. The number of hydrogen-bond donors (Lipinski definition) is 1. The van der Waals surface area contributed by atoms with Gasteiger partial charge in [0.15, 0.2) is 5.65 Å². The molecule has 2 heterocycles. The minimum absolute atomic E-state index is 0.0334. The fourth-order valence-electron chi connectivity index (χ4n) is 2.42. The summed E-state index contributed by atoms with van der Waals surface area (Å²) < 4.78 is 3.64. The zero-order chi connectivity index (χ0) is 15.6. The van der Waals surface area contributed by atoms with Crippen molar-refractivity contribution in [2.75, 3.05) is 6.54 Å². The number of alkyl halides is 1. The molecule has 21 heavy (non-hydrogen) atoms. The van der Waals surface area contributed by atoms with Gasteiger partial charge in [-0.3, -0.25) is 9.48 Å². The summed E-state index contributed by atoms with van der Waals surface area (Å²) in [6, 6.07) is 0. The maximum atomic E-state index is 12.0. The van der Waals surface area contributed by atoms with Crippen molar-refractivity contribution < 1.29 is 4.79 Å². The molecule has 2 aromatic rings. The highest BCUT2D eigenvalue weighted by Crippen LogP contribution is 2.26. The highest BCUT2D eigenvalue weighted by molar-refractivity contribution is 6.20. The van der Waals surface area contributed by atoms with E-state index in [-0.39, 0.29) is 17.8 Å². The lowest BCUT2D eigenvalue weighted by Gasteiger charge is -2.11. The quantitative estimate of drug-likeness (QED) is 0.831. The van der Waals surface area contributed by atoms with E-state index in [1.165, 1.54) is 0 Å². The average molecular weight is 312 g/mol. The number of imidazole rings is 1. The van der Waals surface area contributed by atoms with E-state index in [2.05, 4.69) is 15.4 Å². The Morgan fingerprint density at radius 1 is 1.43 bits per heavy atom. The van der Waals surface area contributed by atoms with Crippen LogP contribution in [0.2, 0.25) is 0 Å². The average Bonchev–Trinajstić information content (AvgIpc) is 2.95. The van der Waals surface area contributed by atoms with Gasteiger partial charge in [-0.15, -0.1) is 11.6 Å². The van der Waals surface area contributed by atoms with E-state index in [0.717, 1.165) is 29.7 Å². The topological polar surface area (TPSA) is 64.7 Å². The minimum Gasteiger partial charge on any atom is -0.355 e. The number of nitrogens with one attached hydrogen (secondary N) is 1. The zero-order valence-electron chi connectivity index (χ0n) is 13.0. The normalized spacial score (nSPS) is 12.8. The molecule has 0 saturated heterocycles. The van der Waals surface area contributed by atoms with Gasteiger partial charge < -0.3 is 9.88 Å². The molecule has 1 amide bonds. The number of amides is 1. The van der Waals surface area contributed by atoms with Crippen LogP contribution in [0.4, 0.5) is 0 Å². The van der Waals surface area contributed by atoms with E-state index < -0.39 is 0 Å². The molecular weight excluding hydrogens is 290 g/mol. The molecule has 2 aromatic heterocycles. The molecule has 0 bridgehead atoms. The summed E-state index contributed by atoms with van der Waals surface area (Å²) in [5.74, 6) is 0.676. The highest BCUT2D eigenvalue weighted by atomic mass is 35.5. The first kappa shape index (κ1) is 15.8. The highest BCUT2D eigenvalue weighted by Gasteiger charge is 2.22. The van der Waals surface area contributed by atoms with Crippen LogP contribution in [0.3, 0.4) is 0 Å². The molecule has 2 rings (SSSR count). The van der Waals surface area contributed by atoms with Crippen molar-refractivity contribution in [2.24, 2.45) is 7.05 Å². The predicted molar refractivity (Wildman–Crippen MR) is 83.4 cm³/mol. The molecule has 1 atom stereocenters. The van der Waals surface area contributed by atoms with Gasteiger partial charge in [-0.25, -0.2) is 4.98 Å². The molecule has 116 valence electrons. The van der Waals surface area contributed by atoms with Crippen LogP contribution >= 0.6 is 11.6 Å². The van der Waals surface area contributed by atoms with Crippen LogP contribution in [0.1, 0.15) is 44.1 Å². The number of carbonyl (C=O) groups excluding carboxylic acids is 1. The smallest absolute Gasteiger partial charge is 0.240 e. The standard InChI is InChI=1S/C14H22ClN5O/c1-5-7-16-11(21)8-20-13(9(3)15)17-12-10(6-2)18-19(4)14(12)20/h9H,5-8H2,1-4H3,(H,16,21). The minimum atomic E-state index is -0.263. The van der Waals surface area contributed by atoms with E-state index in [1.54, 1.807) is 4.68 Å². The molecule has 0 aliphatic heterocycles. The predicted octanol–water partition coefficient (Wildman–Crippen LogP) is 2.16. The van der Waals surface area contributed by atoms with Gasteiger partial charge >= 0.3 is 0 Å². The number of rotatable bonds is 6. The van der Waals surface area contributed by atoms with Crippen molar-refractivity contribution in [3.63, 3.8) is 0 Å². The molecule has 0 radical (unpaired) electrons. The Hall–Kier alpha value is -1.56. The van der Waals surface area contributed by atoms with Crippen molar-refractivity contribution >= 4 is 28.7 Å². The first-order valence-electron chi connectivity index (χ1n) is 7.32. The molecule has 6 nitrogen and oxygen atoms in total. The van der Waals surface area contributed by atoms with Crippen LogP contribution in [0.5, 0.6) is 0 Å².